The van der Waals surface area contributed by atoms with Crippen LogP contribution in [0, 0.1) is 20.8 Å². The van der Waals surface area contributed by atoms with Crippen LogP contribution in [-0.4, -0.2) is 19.7 Å². The van der Waals surface area contributed by atoms with E-state index in [4.69, 9.17) is 9.72 Å². The number of nitrogens with zero attached hydrogens (tertiary/aromatic N) is 4. The summed E-state index contributed by atoms with van der Waals surface area (Å²) in [4.78, 5) is 4.82. The molecule has 0 N–H and O–H groups in total. The lowest BCUT2D eigenvalue weighted by atomic mass is 10.1. The van der Waals surface area contributed by atoms with Crippen LogP contribution >= 0.6 is 23.1 Å². The van der Waals surface area contributed by atoms with E-state index in [1.54, 1.807) is 23.1 Å². The summed E-state index contributed by atoms with van der Waals surface area (Å²) in [5.74, 6) is 2.46. The van der Waals surface area contributed by atoms with Crippen molar-refractivity contribution >= 4 is 23.1 Å². The predicted octanol–water partition coefficient (Wildman–Crippen LogP) is 6.78. The van der Waals surface area contributed by atoms with Crippen LogP contribution in [-0.2, 0) is 12.3 Å². The van der Waals surface area contributed by atoms with E-state index in [1.165, 1.54) is 22.3 Å². The van der Waals surface area contributed by atoms with Gasteiger partial charge in [-0.15, -0.1) is 21.5 Å². The van der Waals surface area contributed by atoms with Gasteiger partial charge in [-0.1, -0.05) is 41.6 Å². The Morgan fingerprint density at radius 3 is 2.53 bits per heavy atom. The number of benzene rings is 2. The summed E-state index contributed by atoms with van der Waals surface area (Å²) >= 11 is 3.35. The molecule has 2 aromatic heterocycles. The molecule has 0 bridgehead atoms. The lowest BCUT2D eigenvalue weighted by Gasteiger charge is -2.16. The molecular weight excluding hydrogens is 436 g/mol. The average Bonchev–Trinajstić information content (AvgIpc) is 3.38. The molecule has 0 aliphatic rings. The largest absolute Gasteiger partial charge is 0.483 e. The van der Waals surface area contributed by atoms with Crippen molar-refractivity contribution in [3.8, 4) is 16.3 Å². The molecule has 0 aliphatic heterocycles. The minimum absolute atomic E-state index is 0.190. The molecule has 5 nitrogen and oxygen atoms in total. The van der Waals surface area contributed by atoms with Crippen LogP contribution in [0.1, 0.15) is 48.2 Å². The number of thiazole rings is 1. The normalized spacial score (nSPS) is 12.2. The van der Waals surface area contributed by atoms with E-state index in [9.17, 15) is 0 Å². The maximum atomic E-state index is 6.20. The number of thioether (sulfide) groups is 1. The number of aromatic nitrogens is 4. The van der Waals surface area contributed by atoms with Crippen LogP contribution in [0.5, 0.6) is 5.75 Å². The van der Waals surface area contributed by atoms with Crippen LogP contribution in [0.4, 0.5) is 0 Å². The molecule has 0 fully saturated rings. The first-order chi connectivity index (χ1) is 15.4. The Hall–Kier alpha value is -2.64. The highest BCUT2D eigenvalue weighted by atomic mass is 32.2. The topological polar surface area (TPSA) is 52.8 Å². The third-order valence-electron chi connectivity index (χ3n) is 5.10. The number of hydrogen-bond acceptors (Lipinski definition) is 6. The fraction of sp³-hybridized carbons (Fsp3) is 0.320. The predicted molar refractivity (Wildman–Crippen MR) is 133 cm³/mol. The van der Waals surface area contributed by atoms with Gasteiger partial charge in [-0.05, 0) is 63.9 Å². The number of hydrogen-bond donors (Lipinski definition) is 0. The standard InChI is InChI=1S/C25H28N4OS2/c1-6-29-23(19(5)30-22-12-17(3)10-18(4)13-22)27-28-25(29)32-15-21-14-31-24(26-21)20-9-7-8-16(2)11-20/h7-14,19H,6,15H2,1-5H3. The monoisotopic (exact) mass is 464 g/mol. The molecule has 0 saturated carbocycles. The summed E-state index contributed by atoms with van der Waals surface area (Å²) in [6.45, 7) is 11.2. The molecule has 1 atom stereocenters. The Morgan fingerprint density at radius 1 is 1.03 bits per heavy atom. The zero-order chi connectivity index (χ0) is 22.7. The highest BCUT2D eigenvalue weighted by molar-refractivity contribution is 7.98. The first kappa shape index (κ1) is 22.6. The van der Waals surface area contributed by atoms with Crippen molar-refractivity contribution in [3.05, 3.63) is 76.1 Å². The second-order valence-corrected chi connectivity index (χ2v) is 9.77. The Labute approximate surface area is 197 Å². The van der Waals surface area contributed by atoms with Crippen molar-refractivity contribution in [3.63, 3.8) is 0 Å². The highest BCUT2D eigenvalue weighted by Gasteiger charge is 2.19. The summed E-state index contributed by atoms with van der Waals surface area (Å²) < 4.78 is 8.33. The Kier molecular flexibility index (Phi) is 6.96. The molecule has 4 aromatic rings. The average molecular weight is 465 g/mol. The SMILES string of the molecule is CCn1c(SCc2csc(-c3cccc(C)c3)n2)nnc1C(C)Oc1cc(C)cc(C)c1. The Balaban J connectivity index is 1.45. The van der Waals surface area contributed by atoms with Crippen molar-refractivity contribution < 1.29 is 4.74 Å². The molecule has 0 radical (unpaired) electrons. The molecule has 0 aliphatic carbocycles. The number of rotatable bonds is 8. The summed E-state index contributed by atoms with van der Waals surface area (Å²) in [6.07, 6.45) is -0.190. The molecule has 2 aromatic carbocycles. The second kappa shape index (κ2) is 9.88. The van der Waals surface area contributed by atoms with Gasteiger partial charge in [-0.25, -0.2) is 4.98 Å². The van der Waals surface area contributed by atoms with Crippen LogP contribution in [0.3, 0.4) is 0 Å². The number of ether oxygens (including phenoxy) is 1. The molecule has 4 rings (SSSR count). The van der Waals surface area contributed by atoms with E-state index in [-0.39, 0.29) is 6.10 Å². The molecule has 1 unspecified atom stereocenters. The lowest BCUT2D eigenvalue weighted by Crippen LogP contribution is -2.12. The van der Waals surface area contributed by atoms with E-state index in [0.29, 0.717) is 0 Å². The zero-order valence-electron chi connectivity index (χ0n) is 19.1. The van der Waals surface area contributed by atoms with Crippen molar-refractivity contribution in [2.45, 2.75) is 58.2 Å². The fourth-order valence-corrected chi connectivity index (χ4v) is 5.51. The van der Waals surface area contributed by atoms with Crippen LogP contribution in [0.25, 0.3) is 10.6 Å². The van der Waals surface area contributed by atoms with Gasteiger partial charge in [0.15, 0.2) is 17.1 Å². The van der Waals surface area contributed by atoms with Gasteiger partial charge >= 0.3 is 0 Å². The molecule has 0 spiro atoms. The molecule has 2 heterocycles. The van der Waals surface area contributed by atoms with Gasteiger partial charge in [0.25, 0.3) is 0 Å². The molecule has 166 valence electrons. The first-order valence-electron chi connectivity index (χ1n) is 10.7. The van der Waals surface area contributed by atoms with Crippen molar-refractivity contribution in [1.82, 2.24) is 19.7 Å². The summed E-state index contributed by atoms with van der Waals surface area (Å²) in [6, 6.07) is 14.7. The minimum Gasteiger partial charge on any atom is -0.483 e. The lowest BCUT2D eigenvalue weighted by molar-refractivity contribution is 0.209. The van der Waals surface area contributed by atoms with E-state index in [2.05, 4.69) is 90.3 Å². The van der Waals surface area contributed by atoms with Crippen LogP contribution in [0.2, 0.25) is 0 Å². The minimum atomic E-state index is -0.190. The third-order valence-corrected chi connectivity index (χ3v) is 7.04. The van der Waals surface area contributed by atoms with Gasteiger partial charge in [-0.2, -0.15) is 0 Å². The number of aryl methyl sites for hydroxylation is 3. The molecule has 0 amide bonds. The van der Waals surface area contributed by atoms with E-state index in [1.807, 2.05) is 6.92 Å². The quantitative estimate of drug-likeness (QED) is 0.269. The van der Waals surface area contributed by atoms with E-state index < -0.39 is 0 Å². The van der Waals surface area contributed by atoms with Crippen molar-refractivity contribution in [2.75, 3.05) is 0 Å². The first-order valence-corrected chi connectivity index (χ1v) is 12.6. The van der Waals surface area contributed by atoms with Gasteiger partial charge in [0.05, 0.1) is 5.69 Å². The highest BCUT2D eigenvalue weighted by Crippen LogP contribution is 2.30. The van der Waals surface area contributed by atoms with Gasteiger partial charge < -0.3 is 9.30 Å². The summed E-state index contributed by atoms with van der Waals surface area (Å²) in [5.41, 5.74) is 5.85. The summed E-state index contributed by atoms with van der Waals surface area (Å²) in [5, 5.41) is 13.0. The van der Waals surface area contributed by atoms with Gasteiger partial charge in [0.2, 0.25) is 0 Å². The van der Waals surface area contributed by atoms with Crippen LogP contribution < -0.4 is 4.74 Å². The van der Waals surface area contributed by atoms with Crippen LogP contribution in [0.15, 0.2) is 53.0 Å². The Bertz CT molecular complexity index is 1190. The molecule has 32 heavy (non-hydrogen) atoms. The fourth-order valence-electron chi connectivity index (χ4n) is 3.68. The second-order valence-electron chi connectivity index (χ2n) is 7.97. The molecular formula is C25H28N4OS2. The van der Waals surface area contributed by atoms with E-state index >= 15 is 0 Å². The smallest absolute Gasteiger partial charge is 0.191 e. The molecule has 0 saturated heterocycles. The summed E-state index contributed by atoms with van der Waals surface area (Å²) in [7, 11) is 0. The van der Waals surface area contributed by atoms with E-state index in [0.717, 1.165) is 39.7 Å². The maximum Gasteiger partial charge on any atom is 0.191 e. The third kappa shape index (κ3) is 5.22. The van der Waals surface area contributed by atoms with Gasteiger partial charge in [-0.3, -0.25) is 0 Å². The zero-order valence-corrected chi connectivity index (χ0v) is 20.8. The van der Waals surface area contributed by atoms with Gasteiger partial charge in [0, 0.05) is 23.2 Å². The van der Waals surface area contributed by atoms with Crippen molar-refractivity contribution in [1.29, 1.82) is 0 Å². The maximum absolute atomic E-state index is 6.20. The van der Waals surface area contributed by atoms with Crippen molar-refractivity contribution in [2.24, 2.45) is 0 Å². The molecule has 7 heteroatoms. The van der Waals surface area contributed by atoms with Gasteiger partial charge in [0.1, 0.15) is 10.8 Å². The Morgan fingerprint density at radius 2 is 1.81 bits per heavy atom.